The summed E-state index contributed by atoms with van der Waals surface area (Å²) in [6, 6.07) is 7.78. The number of carbonyl (C=O) groups excluding carboxylic acids is 3. The Labute approximate surface area is 132 Å². The lowest BCUT2D eigenvalue weighted by atomic mass is 10.1. The van der Waals surface area contributed by atoms with Crippen molar-refractivity contribution in [3.8, 4) is 0 Å². The van der Waals surface area contributed by atoms with Gasteiger partial charge in [-0.3, -0.25) is 14.5 Å². The number of ether oxygens (including phenoxy) is 1. The molecule has 2 aromatic rings. The summed E-state index contributed by atoms with van der Waals surface area (Å²) in [5.41, 5.74) is 0.763. The first-order chi connectivity index (χ1) is 11.1. The van der Waals surface area contributed by atoms with E-state index in [1.807, 2.05) is 6.92 Å². The lowest BCUT2D eigenvalue weighted by Gasteiger charge is -2.11. The maximum absolute atomic E-state index is 12.4. The fraction of sp³-hybridized carbons (Fsp3) is 0.235. The van der Waals surface area contributed by atoms with Gasteiger partial charge in [-0.05, 0) is 36.8 Å². The van der Waals surface area contributed by atoms with E-state index in [0.717, 1.165) is 4.90 Å². The second kappa shape index (κ2) is 6.08. The zero-order valence-corrected chi connectivity index (χ0v) is 12.6. The van der Waals surface area contributed by atoms with Crippen molar-refractivity contribution >= 4 is 17.8 Å². The first-order valence-electron chi connectivity index (χ1n) is 7.31. The van der Waals surface area contributed by atoms with Gasteiger partial charge in [-0.25, -0.2) is 4.79 Å². The van der Waals surface area contributed by atoms with Crippen LogP contribution in [0.5, 0.6) is 0 Å². The zero-order valence-electron chi connectivity index (χ0n) is 12.6. The van der Waals surface area contributed by atoms with Crippen molar-refractivity contribution in [2.45, 2.75) is 19.9 Å². The van der Waals surface area contributed by atoms with E-state index in [-0.39, 0.29) is 23.2 Å². The van der Waals surface area contributed by atoms with Gasteiger partial charge in [0, 0.05) is 0 Å². The van der Waals surface area contributed by atoms with Gasteiger partial charge in [0.15, 0.2) is 0 Å². The summed E-state index contributed by atoms with van der Waals surface area (Å²) in [5, 5.41) is 0. The first-order valence-corrected chi connectivity index (χ1v) is 7.31. The van der Waals surface area contributed by atoms with Crippen LogP contribution >= 0.6 is 0 Å². The molecule has 2 heterocycles. The van der Waals surface area contributed by atoms with Crippen LogP contribution in [-0.2, 0) is 11.3 Å². The zero-order chi connectivity index (χ0) is 16.4. The molecule has 0 saturated heterocycles. The Hall–Kier alpha value is -2.89. The van der Waals surface area contributed by atoms with Crippen molar-refractivity contribution in [3.63, 3.8) is 0 Å². The molecule has 0 aliphatic carbocycles. The fourth-order valence-electron chi connectivity index (χ4n) is 2.40. The van der Waals surface area contributed by atoms with Crippen LogP contribution in [0.3, 0.4) is 0 Å². The lowest BCUT2D eigenvalue weighted by molar-refractivity contribution is 0.0504. The quantitative estimate of drug-likeness (QED) is 0.626. The SMILES string of the molecule is CCCOC(=O)c1ccc2c(c1)C(=O)N(Cc1ccco1)C2=O. The Morgan fingerprint density at radius 1 is 1.17 bits per heavy atom. The van der Waals surface area contributed by atoms with Gasteiger partial charge < -0.3 is 9.15 Å². The van der Waals surface area contributed by atoms with Gasteiger partial charge in [0.25, 0.3) is 11.8 Å². The third kappa shape index (κ3) is 2.75. The number of fused-ring (bicyclic) bond motifs is 1. The van der Waals surface area contributed by atoms with Crippen LogP contribution in [0.25, 0.3) is 0 Å². The van der Waals surface area contributed by atoms with E-state index in [4.69, 9.17) is 9.15 Å². The summed E-state index contributed by atoms with van der Waals surface area (Å²) in [6.45, 7) is 2.27. The third-order valence-corrected chi connectivity index (χ3v) is 3.54. The molecule has 2 amide bonds. The van der Waals surface area contributed by atoms with Gasteiger partial charge in [0.05, 0.1) is 36.1 Å². The van der Waals surface area contributed by atoms with Crippen molar-refractivity contribution in [2.75, 3.05) is 6.61 Å². The molecule has 0 unspecified atom stereocenters. The van der Waals surface area contributed by atoms with Crippen LogP contribution < -0.4 is 0 Å². The van der Waals surface area contributed by atoms with Crippen molar-refractivity contribution in [2.24, 2.45) is 0 Å². The van der Waals surface area contributed by atoms with E-state index in [1.54, 1.807) is 12.1 Å². The molecule has 0 spiro atoms. The standard InChI is InChI=1S/C17H15NO5/c1-2-7-23-17(21)11-5-6-13-14(9-11)16(20)18(15(13)19)10-12-4-3-8-22-12/h3-6,8-9H,2,7,10H2,1H3. The molecule has 0 saturated carbocycles. The van der Waals surface area contributed by atoms with Crippen LogP contribution in [0.15, 0.2) is 41.0 Å². The van der Waals surface area contributed by atoms with Crippen molar-refractivity contribution in [3.05, 3.63) is 59.0 Å². The Morgan fingerprint density at radius 2 is 1.96 bits per heavy atom. The third-order valence-electron chi connectivity index (χ3n) is 3.54. The fourth-order valence-corrected chi connectivity index (χ4v) is 2.40. The second-order valence-corrected chi connectivity index (χ2v) is 5.17. The molecule has 1 aliphatic rings. The number of amides is 2. The average Bonchev–Trinajstić information content (AvgIpc) is 3.15. The highest BCUT2D eigenvalue weighted by Gasteiger charge is 2.36. The molecule has 6 nitrogen and oxygen atoms in total. The van der Waals surface area contributed by atoms with Crippen LogP contribution in [0.1, 0.15) is 50.2 Å². The monoisotopic (exact) mass is 313 g/mol. The molecular weight excluding hydrogens is 298 g/mol. The van der Waals surface area contributed by atoms with Gasteiger partial charge in [0.1, 0.15) is 5.76 Å². The summed E-state index contributed by atoms with van der Waals surface area (Å²) in [7, 11) is 0. The summed E-state index contributed by atoms with van der Waals surface area (Å²) in [4.78, 5) is 37.8. The molecule has 6 heteroatoms. The van der Waals surface area contributed by atoms with Gasteiger partial charge >= 0.3 is 5.97 Å². The van der Waals surface area contributed by atoms with E-state index in [9.17, 15) is 14.4 Å². The van der Waals surface area contributed by atoms with E-state index in [1.165, 1.54) is 24.5 Å². The number of hydrogen-bond donors (Lipinski definition) is 0. The number of rotatable bonds is 5. The minimum absolute atomic E-state index is 0.0644. The molecule has 3 rings (SSSR count). The average molecular weight is 313 g/mol. The number of nitrogens with zero attached hydrogens (tertiary/aromatic N) is 1. The van der Waals surface area contributed by atoms with E-state index >= 15 is 0 Å². The molecule has 0 fully saturated rings. The van der Waals surface area contributed by atoms with Gasteiger partial charge in [-0.2, -0.15) is 0 Å². The van der Waals surface area contributed by atoms with Gasteiger partial charge in [0.2, 0.25) is 0 Å². The van der Waals surface area contributed by atoms with E-state index < -0.39 is 17.8 Å². The summed E-state index contributed by atoms with van der Waals surface area (Å²) in [6.07, 6.45) is 2.19. The maximum atomic E-state index is 12.4. The first kappa shape index (κ1) is 15.0. The number of imide groups is 1. The molecule has 1 aromatic heterocycles. The second-order valence-electron chi connectivity index (χ2n) is 5.17. The number of furan rings is 1. The smallest absolute Gasteiger partial charge is 0.338 e. The van der Waals surface area contributed by atoms with Crippen molar-refractivity contribution in [1.29, 1.82) is 0 Å². The molecule has 0 N–H and O–H groups in total. The molecule has 0 bridgehead atoms. The Kier molecular flexibility index (Phi) is 3.97. The predicted octanol–water partition coefficient (Wildman–Crippen LogP) is 2.64. The molecule has 1 aliphatic heterocycles. The Morgan fingerprint density at radius 3 is 2.65 bits per heavy atom. The minimum Gasteiger partial charge on any atom is -0.467 e. The molecular formula is C17H15NO5. The lowest BCUT2D eigenvalue weighted by Crippen LogP contribution is -2.28. The van der Waals surface area contributed by atoms with E-state index in [0.29, 0.717) is 18.8 Å². The van der Waals surface area contributed by atoms with Gasteiger partial charge in [-0.15, -0.1) is 0 Å². The topological polar surface area (TPSA) is 76.8 Å². The van der Waals surface area contributed by atoms with Crippen LogP contribution in [0.2, 0.25) is 0 Å². The minimum atomic E-state index is -0.501. The highest BCUT2D eigenvalue weighted by atomic mass is 16.5. The van der Waals surface area contributed by atoms with Crippen LogP contribution in [-0.4, -0.2) is 29.3 Å². The van der Waals surface area contributed by atoms with E-state index in [2.05, 4.69) is 0 Å². The molecule has 23 heavy (non-hydrogen) atoms. The normalized spacial score (nSPS) is 13.3. The summed E-state index contributed by atoms with van der Waals surface area (Å²) < 4.78 is 10.2. The highest BCUT2D eigenvalue weighted by molar-refractivity contribution is 6.21. The number of benzene rings is 1. The van der Waals surface area contributed by atoms with Crippen LogP contribution in [0, 0.1) is 0 Å². The summed E-state index contributed by atoms with van der Waals surface area (Å²) in [5.74, 6) is -0.817. The molecule has 0 atom stereocenters. The van der Waals surface area contributed by atoms with Crippen molar-refractivity contribution < 1.29 is 23.5 Å². The number of carbonyl (C=O) groups is 3. The highest BCUT2D eigenvalue weighted by Crippen LogP contribution is 2.26. The molecule has 118 valence electrons. The molecule has 0 radical (unpaired) electrons. The predicted molar refractivity (Wildman–Crippen MR) is 79.9 cm³/mol. The molecule has 1 aromatic carbocycles. The van der Waals surface area contributed by atoms with Gasteiger partial charge in [-0.1, -0.05) is 6.92 Å². The van der Waals surface area contributed by atoms with Crippen LogP contribution in [0.4, 0.5) is 0 Å². The largest absolute Gasteiger partial charge is 0.467 e. The maximum Gasteiger partial charge on any atom is 0.338 e. The Balaban J connectivity index is 1.85. The summed E-state index contributed by atoms with van der Waals surface area (Å²) >= 11 is 0. The number of esters is 1. The Bertz CT molecular complexity index is 763. The van der Waals surface area contributed by atoms with Crippen molar-refractivity contribution in [1.82, 2.24) is 4.90 Å². The number of hydrogen-bond acceptors (Lipinski definition) is 5.